The smallest absolute Gasteiger partial charge is 0.422 e. The second-order valence-electron chi connectivity index (χ2n) is 6.24. The maximum Gasteiger partial charge on any atom is 0.422 e. The molecular weight excluding hydrogens is 363 g/mol. The maximum absolute atomic E-state index is 12.3. The third-order valence-electron chi connectivity index (χ3n) is 4.15. The zero-order chi connectivity index (χ0) is 19.3. The molecule has 0 saturated carbocycles. The van der Waals surface area contributed by atoms with Crippen LogP contribution in [0.15, 0.2) is 30.6 Å². The molecule has 2 N–H and O–H groups in total. The second-order valence-corrected chi connectivity index (χ2v) is 6.24. The number of rotatable bonds is 6. The van der Waals surface area contributed by atoms with Crippen LogP contribution in [0.4, 0.5) is 13.2 Å². The van der Waals surface area contributed by atoms with E-state index in [4.69, 9.17) is 4.74 Å². The minimum absolute atomic E-state index is 0.0162. The van der Waals surface area contributed by atoms with Crippen LogP contribution in [0.2, 0.25) is 0 Å². The summed E-state index contributed by atoms with van der Waals surface area (Å²) in [7, 11) is 0. The number of aromatic nitrogens is 3. The van der Waals surface area contributed by atoms with E-state index < -0.39 is 18.7 Å². The average molecular weight is 383 g/mol. The molecule has 1 amide bonds. The zero-order valence-corrected chi connectivity index (χ0v) is 14.5. The fraction of sp³-hybridized carbons (Fsp3) is 0.471. The zero-order valence-electron chi connectivity index (χ0n) is 14.5. The van der Waals surface area contributed by atoms with Crippen molar-refractivity contribution in [2.24, 2.45) is 0 Å². The van der Waals surface area contributed by atoms with Gasteiger partial charge in [-0.05, 0) is 31.5 Å². The normalized spacial score (nSPS) is 17.5. The van der Waals surface area contributed by atoms with E-state index in [-0.39, 0.29) is 24.2 Å². The summed E-state index contributed by atoms with van der Waals surface area (Å²) < 4.78 is 43.5. The molecule has 1 aliphatic heterocycles. The number of hydrogen-bond acceptors (Lipinski definition) is 5. The topological polar surface area (TPSA) is 81.1 Å². The highest BCUT2D eigenvalue weighted by Gasteiger charge is 2.29. The van der Waals surface area contributed by atoms with Crippen molar-refractivity contribution in [3.8, 4) is 5.88 Å². The van der Waals surface area contributed by atoms with Crippen molar-refractivity contribution in [2.45, 2.75) is 31.6 Å². The van der Waals surface area contributed by atoms with E-state index in [9.17, 15) is 18.0 Å². The lowest BCUT2D eigenvalue weighted by atomic mass is 10.1. The Balaban J connectivity index is 1.58. The van der Waals surface area contributed by atoms with Crippen LogP contribution < -0.4 is 15.4 Å². The highest BCUT2D eigenvalue weighted by Crippen LogP contribution is 2.20. The van der Waals surface area contributed by atoms with Crippen LogP contribution >= 0.6 is 0 Å². The molecule has 0 aliphatic carbocycles. The van der Waals surface area contributed by atoms with Gasteiger partial charge in [-0.25, -0.2) is 4.98 Å². The molecule has 0 aromatic carbocycles. The van der Waals surface area contributed by atoms with E-state index in [0.717, 1.165) is 25.9 Å². The number of amides is 1. The number of hydrogen-bond donors (Lipinski definition) is 2. The van der Waals surface area contributed by atoms with Crippen LogP contribution in [0.25, 0.3) is 0 Å². The van der Waals surface area contributed by atoms with Gasteiger partial charge >= 0.3 is 6.18 Å². The minimum Gasteiger partial charge on any atom is -0.468 e. The van der Waals surface area contributed by atoms with Gasteiger partial charge in [0.05, 0.1) is 6.04 Å². The Bertz CT molecular complexity index is 772. The number of carbonyl (C=O) groups is 1. The maximum atomic E-state index is 12.3. The standard InChI is InChI=1S/C17H20F3N5O2/c18-17(19,20)11-27-16-12(3-1-7-22-16)9-23-15(26)14-5-8-25(24-14)13-4-2-6-21-10-13/h1,3,5,7-8,13,21H,2,4,6,9-11H2,(H,23,26). The number of ether oxygens (including phenoxy) is 1. The van der Waals surface area contributed by atoms with Gasteiger partial charge in [-0.15, -0.1) is 0 Å². The molecule has 0 radical (unpaired) electrons. The number of halogens is 3. The summed E-state index contributed by atoms with van der Waals surface area (Å²) in [6, 6.07) is 4.94. The molecular formula is C17H20F3N5O2. The molecule has 10 heteroatoms. The Morgan fingerprint density at radius 2 is 2.26 bits per heavy atom. The predicted octanol–water partition coefficient (Wildman–Crippen LogP) is 2.07. The third-order valence-corrected chi connectivity index (χ3v) is 4.15. The SMILES string of the molecule is O=C(NCc1cccnc1OCC(F)(F)F)c1ccn(C2CCCNC2)n1. The molecule has 1 aliphatic rings. The summed E-state index contributed by atoms with van der Waals surface area (Å²) in [6.07, 6.45) is 0.670. The Labute approximate surface area is 153 Å². The van der Waals surface area contributed by atoms with Gasteiger partial charge in [-0.2, -0.15) is 18.3 Å². The quantitative estimate of drug-likeness (QED) is 0.798. The van der Waals surface area contributed by atoms with Gasteiger partial charge in [-0.3, -0.25) is 9.48 Å². The molecule has 0 spiro atoms. The van der Waals surface area contributed by atoms with Crippen molar-refractivity contribution >= 4 is 5.91 Å². The fourth-order valence-corrected chi connectivity index (χ4v) is 2.83. The van der Waals surface area contributed by atoms with Gasteiger partial charge < -0.3 is 15.4 Å². The molecule has 1 fully saturated rings. The van der Waals surface area contributed by atoms with Crippen LogP contribution in [-0.2, 0) is 6.54 Å². The van der Waals surface area contributed by atoms with Gasteiger partial charge in [0.1, 0.15) is 5.69 Å². The molecule has 1 saturated heterocycles. The second kappa shape index (κ2) is 8.38. The summed E-state index contributed by atoms with van der Waals surface area (Å²) in [4.78, 5) is 16.1. The lowest BCUT2D eigenvalue weighted by molar-refractivity contribution is -0.154. The first-order valence-electron chi connectivity index (χ1n) is 8.60. The molecule has 1 atom stereocenters. The van der Waals surface area contributed by atoms with E-state index >= 15 is 0 Å². The van der Waals surface area contributed by atoms with Crippen LogP contribution in [0.3, 0.4) is 0 Å². The number of pyridine rings is 1. The Morgan fingerprint density at radius 1 is 1.41 bits per heavy atom. The minimum atomic E-state index is -4.46. The molecule has 3 heterocycles. The van der Waals surface area contributed by atoms with Crippen molar-refractivity contribution in [2.75, 3.05) is 19.7 Å². The van der Waals surface area contributed by atoms with Gasteiger partial charge in [-0.1, -0.05) is 6.07 Å². The van der Waals surface area contributed by atoms with Crippen LogP contribution in [0, 0.1) is 0 Å². The molecule has 7 nitrogen and oxygen atoms in total. The molecule has 0 bridgehead atoms. The van der Waals surface area contributed by atoms with E-state index in [0.29, 0.717) is 5.56 Å². The van der Waals surface area contributed by atoms with E-state index in [1.807, 2.05) is 0 Å². The van der Waals surface area contributed by atoms with Crippen LogP contribution in [0.5, 0.6) is 5.88 Å². The molecule has 146 valence electrons. The van der Waals surface area contributed by atoms with Crippen molar-refractivity contribution in [1.29, 1.82) is 0 Å². The summed E-state index contributed by atoms with van der Waals surface area (Å²) in [5.74, 6) is -0.572. The summed E-state index contributed by atoms with van der Waals surface area (Å²) in [6.45, 7) is 0.329. The monoisotopic (exact) mass is 383 g/mol. The molecule has 1 unspecified atom stereocenters. The lowest BCUT2D eigenvalue weighted by Crippen LogP contribution is -2.32. The molecule has 3 rings (SSSR count). The molecule has 2 aromatic rings. The van der Waals surface area contributed by atoms with Gasteiger partial charge in [0.15, 0.2) is 6.61 Å². The largest absolute Gasteiger partial charge is 0.468 e. The summed E-state index contributed by atoms with van der Waals surface area (Å²) >= 11 is 0. The van der Waals surface area contributed by atoms with Gasteiger partial charge in [0.25, 0.3) is 5.91 Å². The third kappa shape index (κ3) is 5.43. The predicted molar refractivity (Wildman–Crippen MR) is 90.3 cm³/mol. The van der Waals surface area contributed by atoms with Crippen molar-refractivity contribution < 1.29 is 22.7 Å². The first-order chi connectivity index (χ1) is 12.9. The van der Waals surface area contributed by atoms with Crippen molar-refractivity contribution in [1.82, 2.24) is 25.4 Å². The average Bonchev–Trinajstić information content (AvgIpc) is 3.15. The first-order valence-corrected chi connectivity index (χ1v) is 8.60. The number of carbonyl (C=O) groups excluding carboxylic acids is 1. The van der Waals surface area contributed by atoms with Crippen LogP contribution in [-0.4, -0.2) is 46.5 Å². The summed E-state index contributed by atoms with van der Waals surface area (Å²) in [5.41, 5.74) is 0.605. The Hall–Kier alpha value is -2.62. The fourth-order valence-electron chi connectivity index (χ4n) is 2.83. The Morgan fingerprint density at radius 3 is 3.00 bits per heavy atom. The number of nitrogens with one attached hydrogen (secondary N) is 2. The highest BCUT2D eigenvalue weighted by molar-refractivity contribution is 5.92. The number of nitrogens with zero attached hydrogens (tertiary/aromatic N) is 3. The van der Waals surface area contributed by atoms with Gasteiger partial charge in [0, 0.05) is 31.0 Å². The van der Waals surface area contributed by atoms with Gasteiger partial charge in [0.2, 0.25) is 5.88 Å². The number of piperidine rings is 1. The Kier molecular flexibility index (Phi) is 5.94. The highest BCUT2D eigenvalue weighted by atomic mass is 19.4. The molecule has 2 aromatic heterocycles. The molecule has 27 heavy (non-hydrogen) atoms. The summed E-state index contributed by atoms with van der Waals surface area (Å²) in [5, 5.41) is 10.2. The van der Waals surface area contributed by atoms with E-state index in [2.05, 4.69) is 20.7 Å². The number of alkyl halides is 3. The lowest BCUT2D eigenvalue weighted by Gasteiger charge is -2.22. The van der Waals surface area contributed by atoms with Crippen molar-refractivity contribution in [3.63, 3.8) is 0 Å². The first kappa shape index (κ1) is 19.2. The van der Waals surface area contributed by atoms with Crippen LogP contribution in [0.1, 0.15) is 34.9 Å². The van der Waals surface area contributed by atoms with E-state index in [1.165, 1.54) is 6.20 Å². The van der Waals surface area contributed by atoms with Crippen molar-refractivity contribution in [3.05, 3.63) is 41.9 Å². The van der Waals surface area contributed by atoms with E-state index in [1.54, 1.807) is 29.1 Å².